The molecule has 1 atom stereocenters. The molecule has 0 amide bonds. The van der Waals surface area contributed by atoms with Gasteiger partial charge in [-0.25, -0.2) is 4.68 Å². The summed E-state index contributed by atoms with van der Waals surface area (Å²) in [7, 11) is 0. The molecule has 1 saturated heterocycles. The van der Waals surface area contributed by atoms with Crippen LogP contribution in [0.1, 0.15) is 79.5 Å². The Kier molecular flexibility index (Phi) is 5.82. The van der Waals surface area contributed by atoms with Gasteiger partial charge in [0.15, 0.2) is 5.82 Å². The zero-order valence-electron chi connectivity index (χ0n) is 18.9. The normalized spacial score (nSPS) is 20.1. The van der Waals surface area contributed by atoms with Crippen LogP contribution in [-0.4, -0.2) is 54.4 Å². The number of aliphatic hydroxyl groups excluding tert-OH is 1. The molecule has 0 radical (unpaired) electrons. The lowest BCUT2D eigenvalue weighted by Gasteiger charge is -2.36. The lowest BCUT2D eigenvalue weighted by atomic mass is 9.94. The minimum atomic E-state index is -0.339. The number of nitrogens with zero attached hydrogens (tertiary/aromatic N) is 5. The van der Waals surface area contributed by atoms with Crippen LogP contribution in [0.5, 0.6) is 0 Å². The van der Waals surface area contributed by atoms with E-state index in [1.165, 1.54) is 24.8 Å². The van der Waals surface area contributed by atoms with Gasteiger partial charge in [0.05, 0.1) is 12.1 Å². The molecule has 2 N–H and O–H groups in total. The van der Waals surface area contributed by atoms with Gasteiger partial charge in [0.25, 0.3) is 5.56 Å². The average molecular weight is 437 g/mol. The molecule has 1 unspecified atom stereocenters. The first-order valence-electron chi connectivity index (χ1n) is 11.9. The molecule has 2 fully saturated rings. The number of piperidine rings is 1. The summed E-state index contributed by atoms with van der Waals surface area (Å²) in [6.45, 7) is 5.55. The lowest BCUT2D eigenvalue weighted by molar-refractivity contribution is 0.0651. The van der Waals surface area contributed by atoms with E-state index in [9.17, 15) is 9.90 Å². The Bertz CT molecular complexity index is 1150. The number of aromatic amines is 1. The summed E-state index contributed by atoms with van der Waals surface area (Å²) in [5.41, 5.74) is 3.77. The van der Waals surface area contributed by atoms with Gasteiger partial charge in [0, 0.05) is 24.2 Å². The van der Waals surface area contributed by atoms with Gasteiger partial charge < -0.3 is 10.1 Å². The Labute approximate surface area is 187 Å². The van der Waals surface area contributed by atoms with Crippen molar-refractivity contribution in [3.63, 3.8) is 0 Å². The molecule has 2 aliphatic rings. The number of nitrogens with one attached hydrogen (secondary N) is 1. The molecule has 1 aliphatic heterocycles. The second-order valence-corrected chi connectivity index (χ2v) is 9.52. The van der Waals surface area contributed by atoms with E-state index in [0.29, 0.717) is 31.5 Å². The first-order valence-corrected chi connectivity index (χ1v) is 11.9. The number of aliphatic hydroxyl groups is 1. The van der Waals surface area contributed by atoms with Crippen molar-refractivity contribution < 1.29 is 5.11 Å². The Morgan fingerprint density at radius 1 is 1.03 bits per heavy atom. The van der Waals surface area contributed by atoms with Gasteiger partial charge in [-0.2, -0.15) is 0 Å². The van der Waals surface area contributed by atoms with Gasteiger partial charge >= 0.3 is 0 Å². The van der Waals surface area contributed by atoms with Crippen molar-refractivity contribution in [2.45, 2.75) is 77.0 Å². The number of rotatable bonds is 4. The van der Waals surface area contributed by atoms with Crippen molar-refractivity contribution in [1.82, 2.24) is 30.1 Å². The van der Waals surface area contributed by atoms with Gasteiger partial charge in [-0.05, 0) is 84.7 Å². The molecule has 2 aromatic heterocycles. The predicted octanol–water partition coefficient (Wildman–Crippen LogP) is 3.18. The third-order valence-electron chi connectivity index (χ3n) is 7.33. The van der Waals surface area contributed by atoms with Gasteiger partial charge in [-0.3, -0.25) is 9.69 Å². The van der Waals surface area contributed by atoms with E-state index in [2.05, 4.69) is 45.3 Å². The van der Waals surface area contributed by atoms with Crippen LogP contribution in [-0.2, 0) is 0 Å². The summed E-state index contributed by atoms with van der Waals surface area (Å²) in [6, 6.07) is 6.11. The van der Waals surface area contributed by atoms with Crippen LogP contribution in [0.2, 0.25) is 0 Å². The number of hydrogen-bond donors (Lipinski definition) is 2. The second-order valence-electron chi connectivity index (χ2n) is 9.52. The fourth-order valence-electron chi connectivity index (χ4n) is 5.31. The van der Waals surface area contributed by atoms with Crippen molar-refractivity contribution in [2.24, 2.45) is 0 Å². The molecule has 8 nitrogen and oxygen atoms in total. The standard InChI is InChI=1S/C24H32N6O2/c1-15-12-17-14-20(24(32)25-21(17)13-16(15)2)22(29-10-8-19(31)9-11-29)23-26-27-28-30(23)18-6-4-3-5-7-18/h12-14,18-19,22,31H,3-11H2,1-2H3,(H,25,32). The summed E-state index contributed by atoms with van der Waals surface area (Å²) in [4.78, 5) is 18.7. The highest BCUT2D eigenvalue weighted by Gasteiger charge is 2.34. The van der Waals surface area contributed by atoms with Gasteiger partial charge in [0.2, 0.25) is 0 Å². The number of aryl methyl sites for hydroxylation is 2. The van der Waals surface area contributed by atoms with Gasteiger partial charge in [-0.15, -0.1) is 5.10 Å². The summed E-state index contributed by atoms with van der Waals surface area (Å²) in [6.07, 6.45) is 6.83. The lowest BCUT2D eigenvalue weighted by Crippen LogP contribution is -2.42. The summed E-state index contributed by atoms with van der Waals surface area (Å²) >= 11 is 0. The molecule has 0 spiro atoms. The topological polar surface area (TPSA) is 99.9 Å². The molecule has 8 heteroatoms. The van der Waals surface area contributed by atoms with E-state index in [4.69, 9.17) is 0 Å². The molecular weight excluding hydrogens is 404 g/mol. The number of fused-ring (bicyclic) bond motifs is 1. The summed E-state index contributed by atoms with van der Waals surface area (Å²) in [5, 5.41) is 24.0. The van der Waals surface area contributed by atoms with E-state index in [0.717, 1.165) is 35.1 Å². The zero-order valence-corrected chi connectivity index (χ0v) is 18.9. The van der Waals surface area contributed by atoms with E-state index in [1.807, 2.05) is 16.8 Å². The zero-order chi connectivity index (χ0) is 22.2. The number of H-pyrrole nitrogens is 1. The third kappa shape index (κ3) is 3.97. The van der Waals surface area contributed by atoms with E-state index < -0.39 is 0 Å². The highest BCUT2D eigenvalue weighted by atomic mass is 16.3. The van der Waals surface area contributed by atoms with Crippen molar-refractivity contribution in [2.75, 3.05) is 13.1 Å². The molecule has 170 valence electrons. The molecule has 5 rings (SSSR count). The SMILES string of the molecule is Cc1cc2cc(C(c3nnnn3C3CCCCC3)N3CCC(O)CC3)c(=O)[nH]c2cc1C. The van der Waals surface area contributed by atoms with Crippen molar-refractivity contribution >= 4 is 10.9 Å². The highest BCUT2D eigenvalue weighted by Crippen LogP contribution is 2.34. The molecule has 1 saturated carbocycles. The number of aromatic nitrogens is 5. The monoisotopic (exact) mass is 436 g/mol. The summed E-state index contributed by atoms with van der Waals surface area (Å²) < 4.78 is 1.97. The molecule has 0 bridgehead atoms. The van der Waals surface area contributed by atoms with Crippen LogP contribution in [0.15, 0.2) is 23.0 Å². The smallest absolute Gasteiger partial charge is 0.253 e. The highest BCUT2D eigenvalue weighted by molar-refractivity contribution is 5.81. The fourth-order valence-corrected chi connectivity index (χ4v) is 5.31. The first-order chi connectivity index (χ1) is 15.5. The summed E-state index contributed by atoms with van der Waals surface area (Å²) in [5.74, 6) is 0.738. The van der Waals surface area contributed by atoms with Crippen LogP contribution >= 0.6 is 0 Å². The Balaban J connectivity index is 1.63. The predicted molar refractivity (Wildman–Crippen MR) is 123 cm³/mol. The van der Waals surface area contributed by atoms with Crippen LogP contribution in [0, 0.1) is 13.8 Å². The molecule has 3 aromatic rings. The van der Waals surface area contributed by atoms with Crippen LogP contribution in [0.4, 0.5) is 0 Å². The van der Waals surface area contributed by atoms with E-state index in [-0.39, 0.29) is 23.7 Å². The van der Waals surface area contributed by atoms with Crippen LogP contribution < -0.4 is 5.56 Å². The number of hydrogen-bond acceptors (Lipinski definition) is 6. The quantitative estimate of drug-likeness (QED) is 0.652. The maximum Gasteiger partial charge on any atom is 0.253 e. The fraction of sp³-hybridized carbons (Fsp3) is 0.583. The molecule has 1 aromatic carbocycles. The average Bonchev–Trinajstić information content (AvgIpc) is 3.27. The van der Waals surface area contributed by atoms with E-state index >= 15 is 0 Å². The van der Waals surface area contributed by atoms with Crippen molar-refractivity contribution in [3.05, 3.63) is 51.1 Å². The minimum absolute atomic E-state index is 0.102. The molecule has 3 heterocycles. The second kappa shape index (κ2) is 8.75. The Morgan fingerprint density at radius 3 is 2.50 bits per heavy atom. The third-order valence-corrected chi connectivity index (χ3v) is 7.33. The van der Waals surface area contributed by atoms with Gasteiger partial charge in [-0.1, -0.05) is 19.3 Å². The maximum atomic E-state index is 13.4. The Hall–Kier alpha value is -2.58. The largest absolute Gasteiger partial charge is 0.393 e. The molecular formula is C24H32N6O2. The minimum Gasteiger partial charge on any atom is -0.393 e. The van der Waals surface area contributed by atoms with Crippen molar-refractivity contribution in [1.29, 1.82) is 0 Å². The number of tetrazole rings is 1. The van der Waals surface area contributed by atoms with E-state index in [1.54, 1.807) is 0 Å². The first kappa shape index (κ1) is 21.3. The van der Waals surface area contributed by atoms with Crippen LogP contribution in [0.25, 0.3) is 10.9 Å². The van der Waals surface area contributed by atoms with Crippen LogP contribution in [0.3, 0.4) is 0 Å². The van der Waals surface area contributed by atoms with Gasteiger partial charge in [0.1, 0.15) is 6.04 Å². The number of pyridine rings is 1. The number of benzene rings is 1. The molecule has 32 heavy (non-hydrogen) atoms. The maximum absolute atomic E-state index is 13.4. The Morgan fingerprint density at radius 2 is 1.75 bits per heavy atom. The number of likely N-dealkylation sites (tertiary alicyclic amines) is 1. The molecule has 1 aliphatic carbocycles. The van der Waals surface area contributed by atoms with Crippen molar-refractivity contribution in [3.8, 4) is 0 Å².